The highest BCUT2D eigenvalue weighted by Gasteiger charge is 2.14. The molecule has 9 nitrogen and oxygen atoms in total. The molecule has 0 unspecified atom stereocenters. The van der Waals surface area contributed by atoms with Crippen LogP contribution in [-0.2, 0) is 25.4 Å². The number of hydrogen-bond donors (Lipinski definition) is 0. The van der Waals surface area contributed by atoms with E-state index in [4.69, 9.17) is 4.74 Å². The zero-order valence-electron chi connectivity index (χ0n) is 15.8. The van der Waals surface area contributed by atoms with Gasteiger partial charge in [0.15, 0.2) is 16.9 Å². The number of ether oxygens (including phenoxy) is 1. The van der Waals surface area contributed by atoms with Crippen molar-refractivity contribution in [2.75, 3.05) is 0 Å². The number of esters is 1. The van der Waals surface area contributed by atoms with Gasteiger partial charge in [0, 0.05) is 32.6 Å². The largest absolute Gasteiger partial charge is 0.427 e. The summed E-state index contributed by atoms with van der Waals surface area (Å²) in [6.45, 7) is 1.84. The van der Waals surface area contributed by atoms with E-state index in [0.717, 1.165) is 4.57 Å². The Morgan fingerprint density at radius 1 is 1.07 bits per heavy atom. The van der Waals surface area contributed by atoms with Gasteiger partial charge in [-0.2, -0.15) is 0 Å². The maximum Gasteiger partial charge on any atom is 0.332 e. The standard InChI is InChI=1S/C19H20N4O5/c1-12(24)13-6-8-14(9-7-13)28-15(25)5-4-10-23-11-20-17-16(23)18(26)22(3)19(27)21(17)2/h6-9,11H,4-5,10H2,1-3H3. The number of rotatable bonds is 6. The van der Waals surface area contributed by atoms with Gasteiger partial charge in [0.25, 0.3) is 5.56 Å². The molecule has 0 aliphatic carbocycles. The summed E-state index contributed by atoms with van der Waals surface area (Å²) in [4.78, 5) is 51.7. The molecular formula is C19H20N4O5. The Kier molecular flexibility index (Phi) is 5.25. The molecule has 3 aromatic rings. The van der Waals surface area contributed by atoms with Crippen molar-refractivity contribution in [2.24, 2.45) is 14.1 Å². The van der Waals surface area contributed by atoms with Gasteiger partial charge < -0.3 is 9.30 Å². The van der Waals surface area contributed by atoms with Gasteiger partial charge >= 0.3 is 11.7 Å². The van der Waals surface area contributed by atoms with Gasteiger partial charge in [-0.05, 0) is 37.6 Å². The van der Waals surface area contributed by atoms with Crippen molar-refractivity contribution in [3.8, 4) is 5.75 Å². The van der Waals surface area contributed by atoms with E-state index in [-0.39, 0.29) is 12.2 Å². The van der Waals surface area contributed by atoms with Crippen LogP contribution in [0, 0.1) is 0 Å². The maximum atomic E-state index is 12.4. The van der Waals surface area contributed by atoms with Crippen LogP contribution in [0.25, 0.3) is 11.2 Å². The number of hydrogen-bond acceptors (Lipinski definition) is 6. The van der Waals surface area contributed by atoms with Gasteiger partial charge in [-0.3, -0.25) is 23.5 Å². The number of Topliss-reactive ketones (excluding diaryl/α,β-unsaturated/α-hetero) is 1. The second-order valence-electron chi connectivity index (χ2n) is 6.47. The van der Waals surface area contributed by atoms with Gasteiger partial charge in [0.2, 0.25) is 0 Å². The van der Waals surface area contributed by atoms with Crippen LogP contribution in [0.4, 0.5) is 0 Å². The highest BCUT2D eigenvalue weighted by molar-refractivity contribution is 5.94. The third-order valence-corrected chi connectivity index (χ3v) is 4.49. The molecule has 28 heavy (non-hydrogen) atoms. The van der Waals surface area contributed by atoms with E-state index in [1.807, 2.05) is 0 Å². The highest BCUT2D eigenvalue weighted by Crippen LogP contribution is 2.14. The van der Waals surface area contributed by atoms with Crippen LogP contribution in [0.5, 0.6) is 5.75 Å². The minimum atomic E-state index is -0.442. The minimum absolute atomic E-state index is 0.0610. The molecule has 2 aromatic heterocycles. The molecule has 9 heteroatoms. The van der Waals surface area contributed by atoms with Crippen LogP contribution >= 0.6 is 0 Å². The van der Waals surface area contributed by atoms with Crippen molar-refractivity contribution in [1.29, 1.82) is 0 Å². The van der Waals surface area contributed by atoms with E-state index in [0.29, 0.717) is 35.4 Å². The SMILES string of the molecule is CC(=O)c1ccc(OC(=O)CCCn2cnc3c2c(=O)n(C)c(=O)n3C)cc1. The molecule has 0 bridgehead atoms. The van der Waals surface area contributed by atoms with Crippen molar-refractivity contribution in [3.63, 3.8) is 0 Å². The van der Waals surface area contributed by atoms with Gasteiger partial charge in [-0.15, -0.1) is 0 Å². The average Bonchev–Trinajstić information content (AvgIpc) is 3.09. The van der Waals surface area contributed by atoms with E-state index in [9.17, 15) is 19.2 Å². The molecule has 0 spiro atoms. The van der Waals surface area contributed by atoms with Crippen molar-refractivity contribution in [1.82, 2.24) is 18.7 Å². The lowest BCUT2D eigenvalue weighted by Gasteiger charge is -2.07. The molecule has 0 saturated heterocycles. The first-order valence-corrected chi connectivity index (χ1v) is 8.72. The van der Waals surface area contributed by atoms with E-state index in [2.05, 4.69) is 4.98 Å². The predicted molar refractivity (Wildman–Crippen MR) is 102 cm³/mol. The molecule has 0 aliphatic rings. The smallest absolute Gasteiger partial charge is 0.332 e. The quantitative estimate of drug-likeness (QED) is 0.357. The van der Waals surface area contributed by atoms with Crippen LogP contribution in [0.15, 0.2) is 40.2 Å². The van der Waals surface area contributed by atoms with Gasteiger partial charge in [-0.25, -0.2) is 9.78 Å². The molecule has 0 atom stereocenters. The molecular weight excluding hydrogens is 364 g/mol. The lowest BCUT2D eigenvalue weighted by molar-refractivity contribution is -0.134. The average molecular weight is 384 g/mol. The molecule has 2 heterocycles. The number of carbonyl (C=O) groups is 2. The van der Waals surface area contributed by atoms with Crippen LogP contribution in [-0.4, -0.2) is 30.4 Å². The molecule has 0 N–H and O–H groups in total. The predicted octanol–water partition coefficient (Wildman–Crippen LogP) is 1.02. The van der Waals surface area contributed by atoms with Gasteiger partial charge in [-0.1, -0.05) is 0 Å². The molecule has 0 saturated carbocycles. The zero-order valence-corrected chi connectivity index (χ0v) is 15.8. The first-order chi connectivity index (χ1) is 13.3. The number of fused-ring (bicyclic) bond motifs is 1. The first-order valence-electron chi connectivity index (χ1n) is 8.72. The van der Waals surface area contributed by atoms with Crippen molar-refractivity contribution >= 4 is 22.9 Å². The Balaban J connectivity index is 1.65. The highest BCUT2D eigenvalue weighted by atomic mass is 16.5. The van der Waals surface area contributed by atoms with E-state index < -0.39 is 17.2 Å². The summed E-state index contributed by atoms with van der Waals surface area (Å²) in [5, 5.41) is 0. The summed E-state index contributed by atoms with van der Waals surface area (Å²) in [6, 6.07) is 6.34. The number of aromatic nitrogens is 4. The van der Waals surface area contributed by atoms with E-state index >= 15 is 0 Å². The fourth-order valence-corrected chi connectivity index (χ4v) is 2.90. The van der Waals surface area contributed by atoms with Crippen LogP contribution in [0.2, 0.25) is 0 Å². The summed E-state index contributed by atoms with van der Waals surface area (Å²) >= 11 is 0. The van der Waals surface area contributed by atoms with Crippen LogP contribution in [0.3, 0.4) is 0 Å². The molecule has 0 radical (unpaired) electrons. The molecule has 3 rings (SSSR count). The second-order valence-corrected chi connectivity index (χ2v) is 6.47. The summed E-state index contributed by atoms with van der Waals surface area (Å²) in [5.41, 5.74) is 0.299. The molecule has 146 valence electrons. The van der Waals surface area contributed by atoms with Crippen molar-refractivity contribution in [3.05, 3.63) is 57.0 Å². The third kappa shape index (κ3) is 3.64. The topological polar surface area (TPSA) is 105 Å². The molecule has 0 fully saturated rings. The monoisotopic (exact) mass is 384 g/mol. The lowest BCUT2D eigenvalue weighted by atomic mass is 10.1. The summed E-state index contributed by atoms with van der Waals surface area (Å²) < 4.78 is 9.22. The van der Waals surface area contributed by atoms with Crippen molar-refractivity contribution in [2.45, 2.75) is 26.3 Å². The molecule has 1 aromatic carbocycles. The first kappa shape index (κ1) is 19.3. The summed E-state index contributed by atoms with van der Waals surface area (Å²) in [7, 11) is 2.96. The lowest BCUT2D eigenvalue weighted by Crippen LogP contribution is -2.37. The Labute approximate surface area is 159 Å². The summed E-state index contributed by atoms with van der Waals surface area (Å²) in [6.07, 6.45) is 2.05. The number of ketones is 1. The van der Waals surface area contributed by atoms with E-state index in [1.165, 1.54) is 24.9 Å². The van der Waals surface area contributed by atoms with Crippen LogP contribution in [0.1, 0.15) is 30.1 Å². The van der Waals surface area contributed by atoms with Crippen molar-refractivity contribution < 1.29 is 14.3 Å². The van der Waals surface area contributed by atoms with Gasteiger partial charge in [0.05, 0.1) is 6.33 Å². The summed E-state index contributed by atoms with van der Waals surface area (Å²) in [5.74, 6) is -0.110. The second kappa shape index (κ2) is 7.63. The number of nitrogens with zero attached hydrogens (tertiary/aromatic N) is 4. The Hall–Kier alpha value is -3.49. The fourth-order valence-electron chi connectivity index (χ4n) is 2.90. The normalized spacial score (nSPS) is 11.0. The zero-order chi connectivity index (χ0) is 20.4. The molecule has 0 amide bonds. The minimum Gasteiger partial charge on any atom is -0.427 e. The Bertz CT molecular complexity index is 1170. The maximum absolute atomic E-state index is 12.4. The number of imidazole rings is 1. The Morgan fingerprint density at radius 2 is 1.75 bits per heavy atom. The van der Waals surface area contributed by atoms with Crippen LogP contribution < -0.4 is 16.0 Å². The fraction of sp³-hybridized carbons (Fsp3) is 0.316. The van der Waals surface area contributed by atoms with Gasteiger partial charge in [0.1, 0.15) is 5.75 Å². The number of aryl methyl sites for hydroxylation is 2. The van der Waals surface area contributed by atoms with E-state index in [1.54, 1.807) is 35.9 Å². The number of benzene rings is 1. The Morgan fingerprint density at radius 3 is 2.39 bits per heavy atom. The number of carbonyl (C=O) groups excluding carboxylic acids is 2. The third-order valence-electron chi connectivity index (χ3n) is 4.49. The molecule has 0 aliphatic heterocycles.